The summed E-state index contributed by atoms with van der Waals surface area (Å²) >= 11 is 11.3. The zero-order valence-electron chi connectivity index (χ0n) is 9.27. The minimum absolute atomic E-state index is 0.0945. The van der Waals surface area contributed by atoms with Gasteiger partial charge in [0, 0.05) is 14.1 Å². The van der Waals surface area contributed by atoms with Crippen LogP contribution in [-0.2, 0) is 0 Å². The van der Waals surface area contributed by atoms with Crippen LogP contribution in [0.4, 0.5) is 5.69 Å². The van der Waals surface area contributed by atoms with E-state index in [0.29, 0.717) is 10.8 Å². The molecule has 0 fully saturated rings. The average Bonchev–Trinajstić information content (AvgIpc) is 2.35. The van der Waals surface area contributed by atoms with Crippen LogP contribution in [-0.4, -0.2) is 4.92 Å². The smallest absolute Gasteiger partial charge is 0.312 e. The lowest BCUT2D eigenvalue weighted by molar-refractivity contribution is -0.385. The predicted molar refractivity (Wildman–Crippen MR) is 85.0 cm³/mol. The summed E-state index contributed by atoms with van der Waals surface area (Å²) in [4.78, 5) is 10.5. The number of benzene rings is 2. The molecule has 2 aromatic carbocycles. The lowest BCUT2D eigenvalue weighted by Gasteiger charge is -2.08. The first-order chi connectivity index (χ1) is 8.97. The summed E-state index contributed by atoms with van der Waals surface area (Å²) in [5, 5.41) is 11.4. The number of rotatable bonds is 3. The van der Waals surface area contributed by atoms with Crippen LogP contribution in [0.5, 0.6) is 11.5 Å². The predicted octanol–water partition coefficient (Wildman–Crippen LogP) is 5.41. The van der Waals surface area contributed by atoms with Gasteiger partial charge in [-0.05, 0) is 52.9 Å². The van der Waals surface area contributed by atoms with E-state index in [-0.39, 0.29) is 11.4 Å². The number of nitro benzene ring substituents is 1. The lowest BCUT2D eigenvalue weighted by Crippen LogP contribution is -1.94. The SMILES string of the molecule is O=[N+]([O-])c1cc(I)ccc1Oc1cc(Br)ccc1Cl. The first kappa shape index (κ1) is 14.5. The average molecular weight is 454 g/mol. The largest absolute Gasteiger partial charge is 0.449 e. The van der Waals surface area contributed by atoms with Gasteiger partial charge in [-0.2, -0.15) is 0 Å². The number of halogens is 3. The lowest BCUT2D eigenvalue weighted by atomic mass is 10.3. The van der Waals surface area contributed by atoms with Crippen molar-refractivity contribution in [1.82, 2.24) is 0 Å². The van der Waals surface area contributed by atoms with Gasteiger partial charge in [0.05, 0.1) is 9.95 Å². The van der Waals surface area contributed by atoms with Crippen molar-refractivity contribution in [2.45, 2.75) is 0 Å². The Morgan fingerprint density at radius 2 is 1.95 bits per heavy atom. The topological polar surface area (TPSA) is 52.4 Å². The standard InChI is InChI=1S/C12H6BrClINO3/c13-7-1-3-9(14)12(5-7)19-11-4-2-8(15)6-10(11)16(17)18/h1-6H. The van der Waals surface area contributed by atoms with Gasteiger partial charge >= 0.3 is 5.69 Å². The number of hydrogen-bond acceptors (Lipinski definition) is 3. The van der Waals surface area contributed by atoms with Gasteiger partial charge in [0.25, 0.3) is 0 Å². The van der Waals surface area contributed by atoms with Gasteiger partial charge in [0.15, 0.2) is 0 Å². The van der Waals surface area contributed by atoms with Gasteiger partial charge in [-0.25, -0.2) is 0 Å². The van der Waals surface area contributed by atoms with Gasteiger partial charge in [0.1, 0.15) is 5.75 Å². The van der Waals surface area contributed by atoms with Crippen LogP contribution < -0.4 is 4.74 Å². The molecule has 0 amide bonds. The zero-order chi connectivity index (χ0) is 14.0. The van der Waals surface area contributed by atoms with Crippen LogP contribution in [0.3, 0.4) is 0 Å². The quantitative estimate of drug-likeness (QED) is 0.354. The molecule has 0 saturated carbocycles. The van der Waals surface area contributed by atoms with Crippen molar-refractivity contribution in [3.05, 3.63) is 59.6 Å². The van der Waals surface area contributed by atoms with Gasteiger partial charge in [0.2, 0.25) is 5.75 Å². The van der Waals surface area contributed by atoms with Crippen molar-refractivity contribution in [2.75, 3.05) is 0 Å². The van der Waals surface area contributed by atoms with E-state index in [2.05, 4.69) is 15.9 Å². The molecule has 0 aliphatic rings. The molecule has 0 aliphatic heterocycles. The normalized spacial score (nSPS) is 10.3. The number of nitro groups is 1. The van der Waals surface area contributed by atoms with Gasteiger partial charge in [-0.1, -0.05) is 27.5 Å². The molecule has 7 heteroatoms. The number of ether oxygens (including phenoxy) is 1. The summed E-state index contributed by atoms with van der Waals surface area (Å²) in [5.74, 6) is 0.519. The molecule has 0 radical (unpaired) electrons. The Labute approximate surface area is 136 Å². The highest BCUT2D eigenvalue weighted by atomic mass is 127. The molecule has 19 heavy (non-hydrogen) atoms. The van der Waals surface area contributed by atoms with Gasteiger partial charge < -0.3 is 4.74 Å². The highest BCUT2D eigenvalue weighted by Gasteiger charge is 2.17. The third kappa shape index (κ3) is 3.58. The molecule has 0 N–H and O–H groups in total. The van der Waals surface area contributed by atoms with E-state index in [1.165, 1.54) is 6.07 Å². The van der Waals surface area contributed by atoms with E-state index in [9.17, 15) is 10.1 Å². The van der Waals surface area contributed by atoms with Crippen LogP contribution in [0, 0.1) is 13.7 Å². The first-order valence-electron chi connectivity index (χ1n) is 5.04. The van der Waals surface area contributed by atoms with Crippen LogP contribution >= 0.6 is 50.1 Å². The van der Waals surface area contributed by atoms with Crippen molar-refractivity contribution in [1.29, 1.82) is 0 Å². The maximum absolute atomic E-state index is 11.0. The molecule has 2 aromatic rings. The highest BCUT2D eigenvalue weighted by molar-refractivity contribution is 14.1. The fraction of sp³-hybridized carbons (Fsp3) is 0. The minimum Gasteiger partial charge on any atom is -0.449 e. The maximum atomic E-state index is 11.0. The fourth-order valence-corrected chi connectivity index (χ4v) is 2.36. The van der Waals surface area contributed by atoms with Gasteiger partial charge in [-0.15, -0.1) is 0 Å². The fourth-order valence-electron chi connectivity index (χ4n) is 1.39. The maximum Gasteiger partial charge on any atom is 0.312 e. The monoisotopic (exact) mass is 453 g/mol. The molecule has 0 unspecified atom stereocenters. The summed E-state index contributed by atoms with van der Waals surface area (Å²) in [7, 11) is 0. The Hall–Kier alpha value is -0.860. The Balaban J connectivity index is 2.43. The van der Waals surface area contributed by atoms with E-state index >= 15 is 0 Å². The first-order valence-corrected chi connectivity index (χ1v) is 7.29. The van der Waals surface area contributed by atoms with Crippen LogP contribution in [0.1, 0.15) is 0 Å². The molecule has 0 aromatic heterocycles. The Morgan fingerprint density at radius 1 is 1.21 bits per heavy atom. The van der Waals surface area contributed by atoms with Gasteiger partial charge in [-0.3, -0.25) is 10.1 Å². The molecule has 0 bridgehead atoms. The zero-order valence-corrected chi connectivity index (χ0v) is 13.8. The second-order valence-electron chi connectivity index (χ2n) is 3.55. The summed E-state index contributed by atoms with van der Waals surface area (Å²) in [6.45, 7) is 0. The van der Waals surface area contributed by atoms with Crippen LogP contribution in [0.25, 0.3) is 0 Å². The third-order valence-corrected chi connectivity index (χ3v) is 3.71. The van der Waals surface area contributed by atoms with E-state index in [1.54, 1.807) is 30.3 Å². The van der Waals surface area contributed by atoms with E-state index < -0.39 is 4.92 Å². The summed E-state index contributed by atoms with van der Waals surface area (Å²) in [6, 6.07) is 9.80. The molecular weight excluding hydrogens is 448 g/mol. The van der Waals surface area contributed by atoms with Crippen molar-refractivity contribution >= 4 is 55.8 Å². The van der Waals surface area contributed by atoms with Crippen molar-refractivity contribution < 1.29 is 9.66 Å². The second kappa shape index (κ2) is 6.06. The number of nitrogens with zero attached hydrogens (tertiary/aromatic N) is 1. The van der Waals surface area contributed by atoms with Crippen molar-refractivity contribution in [3.8, 4) is 11.5 Å². The molecule has 0 atom stereocenters. The van der Waals surface area contributed by atoms with Crippen LogP contribution in [0.2, 0.25) is 5.02 Å². The van der Waals surface area contributed by atoms with Crippen molar-refractivity contribution in [2.24, 2.45) is 0 Å². The van der Waals surface area contributed by atoms with Crippen molar-refractivity contribution in [3.63, 3.8) is 0 Å². The molecule has 0 spiro atoms. The molecule has 0 heterocycles. The molecule has 98 valence electrons. The Bertz CT molecular complexity index is 651. The molecular formula is C12H6BrClINO3. The van der Waals surface area contributed by atoms with Crippen LogP contribution in [0.15, 0.2) is 40.9 Å². The second-order valence-corrected chi connectivity index (χ2v) is 6.11. The van der Waals surface area contributed by atoms with E-state index in [1.807, 2.05) is 22.6 Å². The van der Waals surface area contributed by atoms with E-state index in [0.717, 1.165) is 8.04 Å². The summed E-state index contributed by atoms with van der Waals surface area (Å²) in [6.07, 6.45) is 0. The summed E-state index contributed by atoms with van der Waals surface area (Å²) in [5.41, 5.74) is -0.0945. The molecule has 2 rings (SSSR count). The Kier molecular flexibility index (Phi) is 4.64. The summed E-state index contributed by atoms with van der Waals surface area (Å²) < 4.78 is 7.07. The highest BCUT2D eigenvalue weighted by Crippen LogP contribution is 2.36. The Morgan fingerprint density at radius 3 is 2.63 bits per heavy atom. The molecule has 4 nitrogen and oxygen atoms in total. The number of hydrogen-bond donors (Lipinski definition) is 0. The molecule has 0 aliphatic carbocycles. The van der Waals surface area contributed by atoms with E-state index in [4.69, 9.17) is 16.3 Å². The third-order valence-electron chi connectivity index (χ3n) is 2.23. The minimum atomic E-state index is -0.483. The molecule has 0 saturated heterocycles.